The van der Waals surface area contributed by atoms with Crippen molar-refractivity contribution < 1.29 is 14.0 Å². The van der Waals surface area contributed by atoms with Crippen molar-refractivity contribution in [3.8, 4) is 0 Å². The molecule has 0 aliphatic heterocycles. The number of unbranched alkanes of at least 4 members (excludes halogenated alkanes) is 4. The largest absolute Gasteiger partial charge is 0.466 e. The molecule has 0 radical (unpaired) electrons. The number of carbonyl (C=O) groups is 2. The summed E-state index contributed by atoms with van der Waals surface area (Å²) in [6.07, 6.45) is 8.86. The number of hydrogen-bond donors (Lipinski definition) is 0. The summed E-state index contributed by atoms with van der Waals surface area (Å²) in [5, 5.41) is 0. The molecule has 3 heteroatoms. The van der Waals surface area contributed by atoms with Crippen molar-refractivity contribution in [2.24, 2.45) is 0 Å². The molecule has 0 aliphatic rings. The van der Waals surface area contributed by atoms with Crippen LogP contribution < -0.4 is 0 Å². The molecule has 0 fully saturated rings. The van der Waals surface area contributed by atoms with Gasteiger partial charge in [-0.05, 0) is 37.8 Å². The van der Waals surface area contributed by atoms with Crippen LogP contribution in [0.25, 0.3) is 0 Å². The predicted octanol–water partition coefficient (Wildman–Crippen LogP) is 3.10. The Morgan fingerprint density at radius 3 is 1.71 bits per heavy atom. The third kappa shape index (κ3) is 6.05. The molecule has 0 amide bonds. The smallest absolute Gasteiger partial charge is 0.119 e. The van der Waals surface area contributed by atoms with E-state index in [9.17, 15) is 9.59 Å². The number of aldehydes is 2. The number of aryl methyl sites for hydroxylation is 2. The fourth-order valence-electron chi connectivity index (χ4n) is 1.74. The second-order valence-electron chi connectivity index (χ2n) is 4.19. The van der Waals surface area contributed by atoms with Gasteiger partial charge in [0.05, 0.1) is 0 Å². The quantitative estimate of drug-likeness (QED) is 0.463. The average molecular weight is 236 g/mol. The molecule has 1 heterocycles. The molecule has 0 saturated carbocycles. The van der Waals surface area contributed by atoms with Crippen LogP contribution in [0.1, 0.15) is 50.0 Å². The highest BCUT2D eigenvalue weighted by molar-refractivity contribution is 5.49. The fraction of sp³-hybridized carbons (Fsp3) is 0.571. The van der Waals surface area contributed by atoms with Gasteiger partial charge in [0.25, 0.3) is 0 Å². The molecule has 1 aromatic rings. The van der Waals surface area contributed by atoms with Crippen molar-refractivity contribution in [1.29, 1.82) is 0 Å². The summed E-state index contributed by atoms with van der Waals surface area (Å²) in [5.74, 6) is 2.00. The summed E-state index contributed by atoms with van der Waals surface area (Å²) in [5.41, 5.74) is 0. The predicted molar refractivity (Wildman–Crippen MR) is 65.9 cm³/mol. The van der Waals surface area contributed by atoms with E-state index in [2.05, 4.69) is 0 Å². The zero-order valence-electron chi connectivity index (χ0n) is 10.2. The van der Waals surface area contributed by atoms with Gasteiger partial charge in [-0.15, -0.1) is 0 Å². The molecule has 1 aromatic heterocycles. The number of hydrogen-bond acceptors (Lipinski definition) is 3. The summed E-state index contributed by atoms with van der Waals surface area (Å²) in [6.45, 7) is 0. The second-order valence-corrected chi connectivity index (χ2v) is 4.19. The minimum atomic E-state index is 0.638. The Morgan fingerprint density at radius 1 is 0.824 bits per heavy atom. The Hall–Kier alpha value is -1.38. The lowest BCUT2D eigenvalue weighted by molar-refractivity contribution is -0.108. The Bertz CT molecular complexity index is 297. The first kappa shape index (κ1) is 13.7. The molecular weight excluding hydrogens is 216 g/mol. The zero-order chi connectivity index (χ0) is 12.3. The van der Waals surface area contributed by atoms with E-state index in [0.717, 1.165) is 62.6 Å². The maximum absolute atomic E-state index is 10.1. The van der Waals surface area contributed by atoms with Gasteiger partial charge in [-0.3, -0.25) is 0 Å². The van der Waals surface area contributed by atoms with Crippen LogP contribution >= 0.6 is 0 Å². The summed E-state index contributed by atoms with van der Waals surface area (Å²) >= 11 is 0. The normalized spacial score (nSPS) is 10.4. The lowest BCUT2D eigenvalue weighted by Crippen LogP contribution is -1.85. The first-order chi connectivity index (χ1) is 8.36. The molecule has 3 nitrogen and oxygen atoms in total. The fourth-order valence-corrected chi connectivity index (χ4v) is 1.74. The van der Waals surface area contributed by atoms with Gasteiger partial charge in [0.1, 0.15) is 24.1 Å². The van der Waals surface area contributed by atoms with E-state index in [0.29, 0.717) is 12.8 Å². The Morgan fingerprint density at radius 2 is 1.29 bits per heavy atom. The number of carbonyl (C=O) groups excluding carboxylic acids is 2. The van der Waals surface area contributed by atoms with E-state index in [1.165, 1.54) is 0 Å². The summed E-state index contributed by atoms with van der Waals surface area (Å²) < 4.78 is 5.67. The molecule has 17 heavy (non-hydrogen) atoms. The van der Waals surface area contributed by atoms with Crippen LogP contribution in [0.15, 0.2) is 16.5 Å². The molecule has 0 saturated heterocycles. The summed E-state index contributed by atoms with van der Waals surface area (Å²) in [7, 11) is 0. The number of furan rings is 1. The van der Waals surface area contributed by atoms with Gasteiger partial charge >= 0.3 is 0 Å². The van der Waals surface area contributed by atoms with E-state index in [1.807, 2.05) is 12.1 Å². The Balaban J connectivity index is 2.18. The van der Waals surface area contributed by atoms with Gasteiger partial charge in [-0.25, -0.2) is 0 Å². The maximum atomic E-state index is 10.1. The van der Waals surface area contributed by atoms with Crippen LogP contribution in [0.2, 0.25) is 0 Å². The topological polar surface area (TPSA) is 47.3 Å². The van der Waals surface area contributed by atoms with Gasteiger partial charge in [0.2, 0.25) is 0 Å². The molecule has 1 rings (SSSR count). The van der Waals surface area contributed by atoms with E-state index >= 15 is 0 Å². The van der Waals surface area contributed by atoms with Gasteiger partial charge in [-0.2, -0.15) is 0 Å². The van der Waals surface area contributed by atoms with Crippen LogP contribution in [0.3, 0.4) is 0 Å². The van der Waals surface area contributed by atoms with Crippen molar-refractivity contribution in [2.75, 3.05) is 0 Å². The molecule has 0 spiro atoms. The monoisotopic (exact) mass is 236 g/mol. The maximum Gasteiger partial charge on any atom is 0.119 e. The van der Waals surface area contributed by atoms with Gasteiger partial charge in [-0.1, -0.05) is 0 Å². The van der Waals surface area contributed by atoms with Gasteiger partial charge in [0.15, 0.2) is 0 Å². The van der Waals surface area contributed by atoms with E-state index in [-0.39, 0.29) is 0 Å². The molecule has 0 bridgehead atoms. The average Bonchev–Trinajstić information content (AvgIpc) is 2.78. The first-order valence-electron chi connectivity index (χ1n) is 6.31. The molecule has 0 N–H and O–H groups in total. The molecule has 0 atom stereocenters. The van der Waals surface area contributed by atoms with Crippen molar-refractivity contribution in [1.82, 2.24) is 0 Å². The lowest BCUT2D eigenvalue weighted by Gasteiger charge is -1.97. The molecule has 0 aliphatic carbocycles. The SMILES string of the molecule is O=CCCCCc1ccc(CCCCC=O)o1. The minimum Gasteiger partial charge on any atom is -0.466 e. The van der Waals surface area contributed by atoms with Crippen LogP contribution in [0, 0.1) is 0 Å². The van der Waals surface area contributed by atoms with Crippen molar-refractivity contribution in [3.05, 3.63) is 23.7 Å². The molecule has 0 aromatic carbocycles. The molecular formula is C14H20O3. The Labute approximate surface area is 102 Å². The number of rotatable bonds is 10. The third-order valence-electron chi connectivity index (χ3n) is 2.71. The summed E-state index contributed by atoms with van der Waals surface area (Å²) in [4.78, 5) is 20.3. The Kier molecular flexibility index (Phi) is 7.03. The minimum absolute atomic E-state index is 0.638. The highest BCUT2D eigenvalue weighted by atomic mass is 16.3. The summed E-state index contributed by atoms with van der Waals surface area (Å²) in [6, 6.07) is 4.02. The highest BCUT2D eigenvalue weighted by Crippen LogP contribution is 2.14. The van der Waals surface area contributed by atoms with Crippen molar-refractivity contribution >= 4 is 12.6 Å². The van der Waals surface area contributed by atoms with Crippen molar-refractivity contribution in [2.45, 2.75) is 51.4 Å². The first-order valence-corrected chi connectivity index (χ1v) is 6.31. The lowest BCUT2D eigenvalue weighted by atomic mass is 10.1. The van der Waals surface area contributed by atoms with Gasteiger partial charge in [0, 0.05) is 25.7 Å². The third-order valence-corrected chi connectivity index (χ3v) is 2.71. The van der Waals surface area contributed by atoms with Crippen LogP contribution in [-0.4, -0.2) is 12.6 Å². The van der Waals surface area contributed by atoms with E-state index < -0.39 is 0 Å². The van der Waals surface area contributed by atoms with Crippen LogP contribution in [0.4, 0.5) is 0 Å². The van der Waals surface area contributed by atoms with Crippen molar-refractivity contribution in [3.63, 3.8) is 0 Å². The second kappa shape index (κ2) is 8.74. The molecule has 94 valence electrons. The zero-order valence-corrected chi connectivity index (χ0v) is 10.2. The van der Waals surface area contributed by atoms with Crippen LogP contribution in [0.5, 0.6) is 0 Å². The van der Waals surface area contributed by atoms with Gasteiger partial charge < -0.3 is 14.0 Å². The van der Waals surface area contributed by atoms with E-state index in [4.69, 9.17) is 4.42 Å². The van der Waals surface area contributed by atoms with E-state index in [1.54, 1.807) is 0 Å². The standard InChI is InChI=1S/C14H20O3/c15-11-5-1-3-7-13-9-10-14(17-13)8-4-2-6-12-16/h9-12H,1-8H2. The van der Waals surface area contributed by atoms with Crippen LogP contribution in [-0.2, 0) is 22.4 Å². The highest BCUT2D eigenvalue weighted by Gasteiger charge is 2.02. The molecule has 0 unspecified atom stereocenters.